The largest absolute Gasteiger partial charge is 0.384 e. The van der Waals surface area contributed by atoms with Gasteiger partial charge in [0.25, 0.3) is 0 Å². The number of halogens is 1. The van der Waals surface area contributed by atoms with E-state index in [0.717, 1.165) is 37.2 Å². The van der Waals surface area contributed by atoms with E-state index in [1.165, 1.54) is 0 Å². The third-order valence-electron chi connectivity index (χ3n) is 3.74. The SMILES string of the molecule is COC1(C)CCCN(c2cc(Cl)ccc2C(=N)N)C1. The van der Waals surface area contributed by atoms with Crippen LogP contribution in [-0.4, -0.2) is 31.6 Å². The second-order valence-corrected chi connectivity index (χ2v) is 5.69. The number of nitrogen functional groups attached to an aromatic ring is 1. The lowest BCUT2D eigenvalue weighted by Gasteiger charge is -2.41. The summed E-state index contributed by atoms with van der Waals surface area (Å²) >= 11 is 6.08. The molecular weight excluding hydrogens is 262 g/mol. The number of nitrogens with two attached hydrogens (primary N) is 1. The van der Waals surface area contributed by atoms with Gasteiger partial charge in [0, 0.05) is 36.5 Å². The van der Waals surface area contributed by atoms with E-state index >= 15 is 0 Å². The molecule has 0 spiro atoms. The number of nitrogens with zero attached hydrogens (tertiary/aromatic N) is 1. The Balaban J connectivity index is 2.35. The normalized spacial score (nSPS) is 23.4. The molecule has 1 heterocycles. The van der Waals surface area contributed by atoms with Crippen LogP contribution in [0.1, 0.15) is 25.3 Å². The van der Waals surface area contributed by atoms with Crippen molar-refractivity contribution in [2.24, 2.45) is 5.73 Å². The molecule has 1 aliphatic heterocycles. The van der Waals surface area contributed by atoms with E-state index in [0.29, 0.717) is 5.02 Å². The second-order valence-electron chi connectivity index (χ2n) is 5.25. The summed E-state index contributed by atoms with van der Waals surface area (Å²) in [5, 5.41) is 8.34. The van der Waals surface area contributed by atoms with Gasteiger partial charge in [0.2, 0.25) is 0 Å². The Morgan fingerprint density at radius 2 is 2.26 bits per heavy atom. The van der Waals surface area contributed by atoms with Crippen LogP contribution in [0.5, 0.6) is 0 Å². The standard InChI is InChI=1S/C14H20ClN3O/c1-14(19-2)6-3-7-18(9-14)12-8-10(15)4-5-11(12)13(16)17/h4-5,8H,3,6-7,9H2,1-2H3,(H3,16,17). The third kappa shape index (κ3) is 3.01. The van der Waals surface area contributed by atoms with Gasteiger partial charge in [0.15, 0.2) is 0 Å². The first-order valence-corrected chi connectivity index (χ1v) is 6.77. The minimum atomic E-state index is -0.158. The fourth-order valence-corrected chi connectivity index (χ4v) is 2.74. The van der Waals surface area contributed by atoms with Crippen LogP contribution >= 0.6 is 11.6 Å². The maximum Gasteiger partial charge on any atom is 0.124 e. The van der Waals surface area contributed by atoms with E-state index in [4.69, 9.17) is 27.5 Å². The van der Waals surface area contributed by atoms with E-state index in [1.54, 1.807) is 19.2 Å². The van der Waals surface area contributed by atoms with Crippen molar-refractivity contribution in [3.05, 3.63) is 28.8 Å². The predicted octanol–water partition coefficient (Wildman–Crippen LogP) is 2.63. The fraction of sp³-hybridized carbons (Fsp3) is 0.500. The molecule has 3 N–H and O–H groups in total. The van der Waals surface area contributed by atoms with Crippen LogP contribution in [0.25, 0.3) is 0 Å². The molecule has 1 aromatic carbocycles. The number of anilines is 1. The Hall–Kier alpha value is -1.26. The summed E-state index contributed by atoms with van der Waals surface area (Å²) in [4.78, 5) is 2.20. The van der Waals surface area contributed by atoms with Crippen LogP contribution in [0.2, 0.25) is 5.02 Å². The lowest BCUT2D eigenvalue weighted by molar-refractivity contribution is -0.00465. The van der Waals surface area contributed by atoms with Gasteiger partial charge in [-0.25, -0.2) is 0 Å². The van der Waals surface area contributed by atoms with Crippen molar-refractivity contribution in [1.29, 1.82) is 5.41 Å². The highest BCUT2D eigenvalue weighted by Gasteiger charge is 2.31. The molecule has 5 heteroatoms. The molecule has 0 bridgehead atoms. The first-order valence-electron chi connectivity index (χ1n) is 6.39. The summed E-state index contributed by atoms with van der Waals surface area (Å²) in [5.41, 5.74) is 7.14. The van der Waals surface area contributed by atoms with Crippen molar-refractivity contribution in [3.8, 4) is 0 Å². The third-order valence-corrected chi connectivity index (χ3v) is 3.98. The lowest BCUT2D eigenvalue weighted by atomic mass is 9.93. The van der Waals surface area contributed by atoms with E-state index < -0.39 is 0 Å². The number of rotatable bonds is 3. The average Bonchev–Trinajstić information content (AvgIpc) is 2.38. The van der Waals surface area contributed by atoms with Crippen LogP contribution in [0.15, 0.2) is 18.2 Å². The Labute approximate surface area is 119 Å². The molecule has 2 rings (SSSR count). The first kappa shape index (κ1) is 14.2. The highest BCUT2D eigenvalue weighted by atomic mass is 35.5. The summed E-state index contributed by atoms with van der Waals surface area (Å²) in [6.45, 7) is 3.82. The summed E-state index contributed by atoms with van der Waals surface area (Å²) in [6, 6.07) is 5.44. The second kappa shape index (κ2) is 5.39. The van der Waals surface area contributed by atoms with Crippen molar-refractivity contribution in [2.75, 3.05) is 25.1 Å². The molecule has 0 aliphatic carbocycles. The Morgan fingerprint density at radius 1 is 1.53 bits per heavy atom. The number of hydrogen-bond donors (Lipinski definition) is 2. The summed E-state index contributed by atoms with van der Waals surface area (Å²) in [6.07, 6.45) is 2.09. The molecule has 0 aromatic heterocycles. The van der Waals surface area contributed by atoms with Gasteiger partial charge in [-0.05, 0) is 38.0 Å². The zero-order valence-electron chi connectivity index (χ0n) is 11.4. The van der Waals surface area contributed by atoms with Gasteiger partial charge < -0.3 is 15.4 Å². The molecule has 1 atom stereocenters. The number of ether oxygens (including phenoxy) is 1. The molecule has 1 unspecified atom stereocenters. The van der Waals surface area contributed by atoms with Crippen molar-refractivity contribution in [1.82, 2.24) is 0 Å². The van der Waals surface area contributed by atoms with E-state index in [-0.39, 0.29) is 11.4 Å². The number of benzene rings is 1. The van der Waals surface area contributed by atoms with Gasteiger partial charge in [0.1, 0.15) is 5.84 Å². The van der Waals surface area contributed by atoms with Crippen molar-refractivity contribution in [2.45, 2.75) is 25.4 Å². The minimum absolute atomic E-state index is 0.0661. The number of hydrogen-bond acceptors (Lipinski definition) is 3. The average molecular weight is 282 g/mol. The maximum atomic E-state index is 7.69. The van der Waals surface area contributed by atoms with Crippen molar-refractivity contribution < 1.29 is 4.74 Å². The van der Waals surface area contributed by atoms with E-state index in [2.05, 4.69) is 11.8 Å². The van der Waals surface area contributed by atoms with Crippen LogP contribution in [0.3, 0.4) is 0 Å². The molecule has 0 radical (unpaired) electrons. The molecule has 19 heavy (non-hydrogen) atoms. The smallest absolute Gasteiger partial charge is 0.124 e. The van der Waals surface area contributed by atoms with Crippen molar-refractivity contribution >= 4 is 23.1 Å². The van der Waals surface area contributed by atoms with E-state index in [9.17, 15) is 0 Å². The Kier molecular flexibility index (Phi) is 4.02. The molecule has 4 nitrogen and oxygen atoms in total. The van der Waals surface area contributed by atoms with Crippen LogP contribution < -0.4 is 10.6 Å². The minimum Gasteiger partial charge on any atom is -0.384 e. The van der Waals surface area contributed by atoms with Gasteiger partial charge in [-0.15, -0.1) is 0 Å². The molecule has 1 aromatic rings. The molecule has 1 fully saturated rings. The zero-order chi connectivity index (χ0) is 14.0. The monoisotopic (exact) mass is 281 g/mol. The number of amidine groups is 1. The topological polar surface area (TPSA) is 62.3 Å². The van der Waals surface area contributed by atoms with Crippen molar-refractivity contribution in [3.63, 3.8) is 0 Å². The number of methoxy groups -OCH3 is 1. The molecule has 0 saturated carbocycles. The van der Waals surface area contributed by atoms with Gasteiger partial charge in [-0.2, -0.15) is 0 Å². The highest BCUT2D eigenvalue weighted by molar-refractivity contribution is 6.31. The van der Waals surface area contributed by atoms with Gasteiger partial charge in [-0.1, -0.05) is 11.6 Å². The molecule has 1 aliphatic rings. The Bertz CT molecular complexity index is 492. The molecule has 1 saturated heterocycles. The summed E-state index contributed by atoms with van der Waals surface area (Å²) < 4.78 is 5.60. The van der Waals surface area contributed by atoms with E-state index in [1.807, 2.05) is 6.07 Å². The van der Waals surface area contributed by atoms with Crippen LogP contribution in [0, 0.1) is 5.41 Å². The fourth-order valence-electron chi connectivity index (χ4n) is 2.57. The Morgan fingerprint density at radius 3 is 2.89 bits per heavy atom. The quantitative estimate of drug-likeness (QED) is 0.661. The molecular formula is C14H20ClN3O. The maximum absolute atomic E-state index is 7.69. The van der Waals surface area contributed by atoms with Crippen LogP contribution in [0.4, 0.5) is 5.69 Å². The first-order chi connectivity index (χ1) is 8.95. The molecule has 0 amide bonds. The summed E-state index contributed by atoms with van der Waals surface area (Å²) in [7, 11) is 1.74. The molecule has 104 valence electrons. The predicted molar refractivity (Wildman–Crippen MR) is 79.3 cm³/mol. The van der Waals surface area contributed by atoms with Gasteiger partial charge in [0.05, 0.1) is 5.60 Å². The zero-order valence-corrected chi connectivity index (χ0v) is 12.1. The number of piperidine rings is 1. The van der Waals surface area contributed by atoms with Crippen LogP contribution in [-0.2, 0) is 4.74 Å². The lowest BCUT2D eigenvalue weighted by Crippen LogP contribution is -2.48. The number of nitrogens with one attached hydrogen (secondary N) is 1. The van der Waals surface area contributed by atoms with Gasteiger partial charge in [-0.3, -0.25) is 5.41 Å². The van der Waals surface area contributed by atoms with Gasteiger partial charge >= 0.3 is 0 Å². The highest BCUT2D eigenvalue weighted by Crippen LogP contribution is 2.31. The summed E-state index contributed by atoms with van der Waals surface area (Å²) in [5.74, 6) is 0.0661.